The van der Waals surface area contributed by atoms with E-state index in [2.05, 4.69) is 22.2 Å². The van der Waals surface area contributed by atoms with Gasteiger partial charge in [0.1, 0.15) is 6.10 Å². The minimum absolute atomic E-state index is 0.183. The second-order valence-electron chi connectivity index (χ2n) is 5.82. The summed E-state index contributed by atoms with van der Waals surface area (Å²) < 4.78 is 5.22. The highest BCUT2D eigenvalue weighted by Gasteiger charge is 2.34. The molecule has 0 saturated carbocycles. The minimum atomic E-state index is -0.986. The van der Waals surface area contributed by atoms with Gasteiger partial charge in [-0.2, -0.15) is 0 Å². The van der Waals surface area contributed by atoms with Gasteiger partial charge < -0.3 is 25.0 Å². The van der Waals surface area contributed by atoms with Crippen LogP contribution in [-0.4, -0.2) is 85.3 Å². The molecule has 120 valence electrons. The standard InChI is InChI=1S/C14H25N3O4/c1-16-7-9-17(10-8-16)6-2-5-15-13(18)11-3-4-12(21-11)14(19)20/h11-12H,2-10H2,1H3,(H,15,18)(H,19,20)/t11-,12+/m0/s1. The number of nitrogens with zero attached hydrogens (tertiary/aromatic N) is 2. The SMILES string of the molecule is CN1CCN(CCCNC(=O)[C@@H]2CC[C@H](C(=O)O)O2)CC1. The van der Waals surface area contributed by atoms with Crippen LogP contribution in [0.4, 0.5) is 0 Å². The van der Waals surface area contributed by atoms with Gasteiger partial charge in [0.25, 0.3) is 0 Å². The van der Waals surface area contributed by atoms with E-state index in [1.165, 1.54) is 0 Å². The van der Waals surface area contributed by atoms with Crippen molar-refractivity contribution in [2.75, 3.05) is 46.3 Å². The Balaban J connectivity index is 1.56. The lowest BCUT2D eigenvalue weighted by atomic mass is 10.2. The number of amides is 1. The molecule has 2 N–H and O–H groups in total. The van der Waals surface area contributed by atoms with Crippen molar-refractivity contribution in [2.24, 2.45) is 0 Å². The van der Waals surface area contributed by atoms with E-state index in [1.54, 1.807) is 0 Å². The van der Waals surface area contributed by atoms with E-state index in [4.69, 9.17) is 9.84 Å². The van der Waals surface area contributed by atoms with E-state index in [0.29, 0.717) is 19.4 Å². The Hall–Kier alpha value is -1.18. The average molecular weight is 299 g/mol. The van der Waals surface area contributed by atoms with E-state index in [0.717, 1.165) is 39.1 Å². The summed E-state index contributed by atoms with van der Waals surface area (Å²) in [7, 11) is 2.13. The van der Waals surface area contributed by atoms with Crippen LogP contribution in [0.2, 0.25) is 0 Å². The van der Waals surface area contributed by atoms with E-state index in [-0.39, 0.29) is 5.91 Å². The zero-order valence-electron chi connectivity index (χ0n) is 12.6. The molecular formula is C14H25N3O4. The third-order valence-electron chi connectivity index (χ3n) is 4.13. The third-order valence-corrected chi connectivity index (χ3v) is 4.13. The van der Waals surface area contributed by atoms with Gasteiger partial charge in [0.2, 0.25) is 5.91 Å². The highest BCUT2D eigenvalue weighted by molar-refractivity contribution is 5.82. The number of ether oxygens (including phenoxy) is 1. The highest BCUT2D eigenvalue weighted by atomic mass is 16.5. The highest BCUT2D eigenvalue weighted by Crippen LogP contribution is 2.19. The lowest BCUT2D eigenvalue weighted by Gasteiger charge is -2.32. The summed E-state index contributed by atoms with van der Waals surface area (Å²) in [4.78, 5) is 27.3. The van der Waals surface area contributed by atoms with Crippen LogP contribution >= 0.6 is 0 Å². The zero-order chi connectivity index (χ0) is 15.2. The summed E-state index contributed by atoms with van der Waals surface area (Å²) >= 11 is 0. The first kappa shape index (κ1) is 16.2. The van der Waals surface area contributed by atoms with E-state index >= 15 is 0 Å². The number of hydrogen-bond donors (Lipinski definition) is 2. The number of rotatable bonds is 6. The van der Waals surface area contributed by atoms with Crippen molar-refractivity contribution in [1.29, 1.82) is 0 Å². The number of likely N-dealkylation sites (N-methyl/N-ethyl adjacent to an activating group) is 1. The minimum Gasteiger partial charge on any atom is -0.479 e. The summed E-state index contributed by atoms with van der Waals surface area (Å²) in [6, 6.07) is 0. The lowest BCUT2D eigenvalue weighted by molar-refractivity contribution is -0.151. The van der Waals surface area contributed by atoms with Crippen LogP contribution in [0.1, 0.15) is 19.3 Å². The maximum absolute atomic E-state index is 11.9. The fourth-order valence-electron chi connectivity index (χ4n) is 2.71. The Morgan fingerprint density at radius 1 is 1.19 bits per heavy atom. The molecule has 0 aromatic rings. The molecule has 2 fully saturated rings. The van der Waals surface area contributed by atoms with Crippen molar-refractivity contribution in [3.8, 4) is 0 Å². The van der Waals surface area contributed by atoms with Crippen molar-refractivity contribution < 1.29 is 19.4 Å². The predicted octanol–water partition coefficient (Wildman–Crippen LogP) is -0.628. The largest absolute Gasteiger partial charge is 0.479 e. The Kier molecular flexibility index (Phi) is 5.96. The van der Waals surface area contributed by atoms with E-state index in [1.807, 2.05) is 0 Å². The van der Waals surface area contributed by atoms with Crippen molar-refractivity contribution in [3.63, 3.8) is 0 Å². The fraction of sp³-hybridized carbons (Fsp3) is 0.857. The summed E-state index contributed by atoms with van der Waals surface area (Å²) in [6.07, 6.45) is 0.376. The van der Waals surface area contributed by atoms with Crippen LogP contribution in [-0.2, 0) is 14.3 Å². The molecule has 0 spiro atoms. The maximum atomic E-state index is 11.9. The predicted molar refractivity (Wildman–Crippen MR) is 77.1 cm³/mol. The molecule has 2 atom stereocenters. The van der Waals surface area contributed by atoms with Gasteiger partial charge in [-0.25, -0.2) is 4.79 Å². The fourth-order valence-corrected chi connectivity index (χ4v) is 2.71. The molecule has 2 rings (SSSR count). The van der Waals surface area contributed by atoms with Crippen molar-refractivity contribution in [2.45, 2.75) is 31.5 Å². The number of carbonyl (C=O) groups excluding carboxylic acids is 1. The van der Waals surface area contributed by atoms with Gasteiger partial charge >= 0.3 is 5.97 Å². The lowest BCUT2D eigenvalue weighted by Crippen LogP contribution is -2.45. The zero-order valence-corrected chi connectivity index (χ0v) is 12.6. The van der Waals surface area contributed by atoms with Gasteiger partial charge in [-0.15, -0.1) is 0 Å². The topological polar surface area (TPSA) is 82.1 Å². The molecule has 1 amide bonds. The average Bonchev–Trinajstić information content (AvgIpc) is 2.95. The monoisotopic (exact) mass is 299 g/mol. The van der Waals surface area contributed by atoms with Crippen molar-refractivity contribution in [3.05, 3.63) is 0 Å². The summed E-state index contributed by atoms with van der Waals surface area (Å²) in [6.45, 7) is 5.95. The van der Waals surface area contributed by atoms with Crippen LogP contribution in [0, 0.1) is 0 Å². The first-order valence-corrected chi connectivity index (χ1v) is 7.63. The van der Waals surface area contributed by atoms with Crippen LogP contribution < -0.4 is 5.32 Å². The van der Waals surface area contributed by atoms with Gasteiger partial charge in [-0.3, -0.25) is 4.79 Å². The second kappa shape index (κ2) is 7.72. The molecule has 2 aliphatic rings. The molecule has 0 unspecified atom stereocenters. The Bertz CT molecular complexity index is 369. The molecule has 0 aliphatic carbocycles. The summed E-state index contributed by atoms with van der Waals surface area (Å²) in [5.74, 6) is -1.17. The smallest absolute Gasteiger partial charge is 0.332 e. The van der Waals surface area contributed by atoms with Gasteiger partial charge in [0.05, 0.1) is 0 Å². The molecule has 21 heavy (non-hydrogen) atoms. The second-order valence-corrected chi connectivity index (χ2v) is 5.82. The van der Waals surface area contributed by atoms with Gasteiger partial charge in [-0.1, -0.05) is 0 Å². The van der Waals surface area contributed by atoms with Gasteiger partial charge in [0, 0.05) is 32.7 Å². The Labute approximate surface area is 125 Å². The summed E-state index contributed by atoms with van der Waals surface area (Å²) in [5, 5.41) is 11.7. The molecular weight excluding hydrogens is 274 g/mol. The van der Waals surface area contributed by atoms with Crippen molar-refractivity contribution >= 4 is 11.9 Å². The van der Waals surface area contributed by atoms with Crippen LogP contribution in [0.15, 0.2) is 0 Å². The van der Waals surface area contributed by atoms with Crippen LogP contribution in [0.5, 0.6) is 0 Å². The van der Waals surface area contributed by atoms with Crippen molar-refractivity contribution in [1.82, 2.24) is 15.1 Å². The molecule has 0 radical (unpaired) electrons. The molecule has 2 heterocycles. The first-order valence-electron chi connectivity index (χ1n) is 7.63. The normalized spacial score (nSPS) is 27.7. The number of nitrogens with one attached hydrogen (secondary N) is 1. The number of piperazine rings is 1. The van der Waals surface area contributed by atoms with E-state index < -0.39 is 18.2 Å². The molecule has 0 bridgehead atoms. The van der Waals surface area contributed by atoms with Gasteiger partial charge in [0.15, 0.2) is 6.10 Å². The number of carboxylic acids is 1. The Morgan fingerprint density at radius 3 is 2.48 bits per heavy atom. The number of carboxylic acid groups (broad SMARTS) is 1. The third kappa shape index (κ3) is 4.94. The summed E-state index contributed by atoms with van der Waals surface area (Å²) in [5.41, 5.74) is 0. The van der Waals surface area contributed by atoms with Gasteiger partial charge in [-0.05, 0) is 32.9 Å². The van der Waals surface area contributed by atoms with E-state index in [9.17, 15) is 9.59 Å². The molecule has 7 heteroatoms. The maximum Gasteiger partial charge on any atom is 0.332 e. The number of aliphatic carboxylic acids is 1. The first-order chi connectivity index (χ1) is 10.1. The molecule has 2 saturated heterocycles. The van der Waals surface area contributed by atoms with Crippen LogP contribution in [0.3, 0.4) is 0 Å². The molecule has 7 nitrogen and oxygen atoms in total. The van der Waals surface area contributed by atoms with Crippen LogP contribution in [0.25, 0.3) is 0 Å². The molecule has 0 aromatic carbocycles. The number of hydrogen-bond acceptors (Lipinski definition) is 5. The molecule has 0 aromatic heterocycles. The molecule has 2 aliphatic heterocycles. The quantitative estimate of drug-likeness (QED) is 0.636. The Morgan fingerprint density at radius 2 is 1.86 bits per heavy atom. The number of carbonyl (C=O) groups is 2.